The smallest absolute Gasteiger partial charge is 0.171 e. The first-order valence-electron chi connectivity index (χ1n) is 8.06. The van der Waals surface area contributed by atoms with Crippen molar-refractivity contribution in [3.8, 4) is 5.75 Å². The van der Waals surface area contributed by atoms with Gasteiger partial charge in [-0.25, -0.2) is 4.39 Å². The molecule has 0 bridgehead atoms. The van der Waals surface area contributed by atoms with Crippen LogP contribution >= 0.6 is 23.8 Å². The molecule has 3 nitrogen and oxygen atoms in total. The Morgan fingerprint density at radius 1 is 1.28 bits per heavy atom. The minimum atomic E-state index is -0.457. The Labute approximate surface area is 157 Å². The first-order chi connectivity index (χ1) is 11.7. The molecule has 3 rings (SSSR count). The number of ether oxygens (including phenoxy) is 1. The van der Waals surface area contributed by atoms with E-state index in [-0.39, 0.29) is 16.7 Å². The monoisotopic (exact) mass is 378 g/mol. The van der Waals surface area contributed by atoms with Crippen molar-refractivity contribution >= 4 is 34.6 Å². The maximum atomic E-state index is 13.3. The number of aryl methyl sites for hydroxylation is 1. The summed E-state index contributed by atoms with van der Waals surface area (Å²) < 4.78 is 19.3. The first-order valence-corrected chi connectivity index (χ1v) is 8.84. The fourth-order valence-corrected chi connectivity index (χ4v) is 3.44. The summed E-state index contributed by atoms with van der Waals surface area (Å²) in [5, 5.41) is 6.92. The van der Waals surface area contributed by atoms with Crippen molar-refractivity contribution in [1.29, 1.82) is 0 Å². The van der Waals surface area contributed by atoms with E-state index in [1.54, 1.807) is 6.07 Å². The lowest BCUT2D eigenvalue weighted by Gasteiger charge is -2.38. The van der Waals surface area contributed by atoms with Gasteiger partial charge < -0.3 is 15.4 Å². The normalized spacial score (nSPS) is 18.0. The number of hydrogen-bond acceptors (Lipinski definition) is 2. The molecular formula is C19H20ClFN2OS. The zero-order valence-corrected chi connectivity index (χ0v) is 15.9. The molecule has 25 heavy (non-hydrogen) atoms. The van der Waals surface area contributed by atoms with Crippen LogP contribution in [0.15, 0.2) is 36.4 Å². The van der Waals surface area contributed by atoms with Crippen molar-refractivity contribution in [2.75, 3.05) is 5.32 Å². The Morgan fingerprint density at radius 3 is 2.76 bits per heavy atom. The molecule has 2 N–H and O–H groups in total. The third-order valence-electron chi connectivity index (χ3n) is 4.11. The van der Waals surface area contributed by atoms with Crippen LogP contribution in [0.2, 0.25) is 5.02 Å². The van der Waals surface area contributed by atoms with Gasteiger partial charge in [0.2, 0.25) is 0 Å². The highest BCUT2D eigenvalue weighted by molar-refractivity contribution is 7.80. The van der Waals surface area contributed by atoms with Gasteiger partial charge in [0, 0.05) is 17.7 Å². The van der Waals surface area contributed by atoms with E-state index >= 15 is 0 Å². The molecule has 0 amide bonds. The number of nitrogens with one attached hydrogen (secondary N) is 2. The third kappa shape index (κ3) is 4.22. The van der Waals surface area contributed by atoms with Crippen LogP contribution in [0.3, 0.4) is 0 Å². The molecule has 1 heterocycles. The second-order valence-electron chi connectivity index (χ2n) is 6.89. The molecular weight excluding hydrogens is 359 g/mol. The number of fused-ring (bicyclic) bond motifs is 1. The molecule has 1 unspecified atom stereocenters. The van der Waals surface area contributed by atoms with Crippen molar-refractivity contribution in [2.45, 2.75) is 38.8 Å². The molecule has 132 valence electrons. The van der Waals surface area contributed by atoms with E-state index < -0.39 is 5.82 Å². The van der Waals surface area contributed by atoms with E-state index in [9.17, 15) is 4.39 Å². The van der Waals surface area contributed by atoms with Crippen LogP contribution in [0.5, 0.6) is 5.75 Å². The molecule has 0 saturated carbocycles. The number of benzene rings is 2. The van der Waals surface area contributed by atoms with Crippen LogP contribution in [0.1, 0.15) is 37.4 Å². The molecule has 0 radical (unpaired) electrons. The highest BCUT2D eigenvalue weighted by Gasteiger charge is 2.34. The SMILES string of the molecule is Cc1ccc2c(c1)C(NC(=S)Nc1ccc(F)c(Cl)c1)CC(C)(C)O2. The summed E-state index contributed by atoms with van der Waals surface area (Å²) in [5.41, 5.74) is 2.59. The first kappa shape index (κ1) is 18.0. The lowest BCUT2D eigenvalue weighted by atomic mass is 9.89. The molecule has 0 aliphatic carbocycles. The predicted octanol–water partition coefficient (Wildman–Crippen LogP) is 5.38. The second kappa shape index (κ2) is 6.81. The minimum absolute atomic E-state index is 0.0228. The van der Waals surface area contributed by atoms with Crippen molar-refractivity contribution in [2.24, 2.45) is 0 Å². The zero-order chi connectivity index (χ0) is 18.2. The van der Waals surface area contributed by atoms with Crippen molar-refractivity contribution < 1.29 is 9.13 Å². The lowest BCUT2D eigenvalue weighted by molar-refractivity contribution is 0.0696. The standard InChI is InChI=1S/C19H20ClFN2OS/c1-11-4-7-17-13(8-11)16(10-19(2,3)24-17)23-18(25)22-12-5-6-15(21)14(20)9-12/h4-9,16H,10H2,1-3H3,(H2,22,23,25). The van der Waals surface area contributed by atoms with E-state index in [4.69, 9.17) is 28.6 Å². The van der Waals surface area contributed by atoms with Gasteiger partial charge in [0.25, 0.3) is 0 Å². The van der Waals surface area contributed by atoms with Gasteiger partial charge in [-0.1, -0.05) is 29.3 Å². The Kier molecular flexibility index (Phi) is 4.89. The summed E-state index contributed by atoms with van der Waals surface area (Å²) in [6, 6.07) is 10.6. The lowest BCUT2D eigenvalue weighted by Crippen LogP contribution is -2.42. The quantitative estimate of drug-likeness (QED) is 0.688. The molecule has 0 fully saturated rings. The Morgan fingerprint density at radius 2 is 2.04 bits per heavy atom. The third-order valence-corrected chi connectivity index (χ3v) is 4.62. The van der Waals surface area contributed by atoms with E-state index in [2.05, 4.69) is 30.5 Å². The van der Waals surface area contributed by atoms with E-state index in [1.165, 1.54) is 12.1 Å². The van der Waals surface area contributed by atoms with Gasteiger partial charge in [-0.05, 0) is 57.3 Å². The highest BCUT2D eigenvalue weighted by atomic mass is 35.5. The molecule has 1 atom stereocenters. The van der Waals surface area contributed by atoms with Crippen LogP contribution in [-0.4, -0.2) is 10.7 Å². The van der Waals surface area contributed by atoms with Crippen LogP contribution < -0.4 is 15.4 Å². The molecule has 0 aromatic heterocycles. The fourth-order valence-electron chi connectivity index (χ4n) is 3.00. The van der Waals surface area contributed by atoms with Gasteiger partial charge >= 0.3 is 0 Å². The maximum Gasteiger partial charge on any atom is 0.171 e. The average molecular weight is 379 g/mol. The van der Waals surface area contributed by atoms with Crippen LogP contribution in [0.25, 0.3) is 0 Å². The summed E-state index contributed by atoms with van der Waals surface area (Å²) in [6.45, 7) is 6.16. The Balaban J connectivity index is 1.78. The zero-order valence-electron chi connectivity index (χ0n) is 14.3. The molecule has 6 heteroatoms. The van der Waals surface area contributed by atoms with Crippen LogP contribution in [0.4, 0.5) is 10.1 Å². The van der Waals surface area contributed by atoms with E-state index in [1.807, 2.05) is 19.1 Å². The summed E-state index contributed by atoms with van der Waals surface area (Å²) in [4.78, 5) is 0. The topological polar surface area (TPSA) is 33.3 Å². The molecule has 0 saturated heterocycles. The Bertz CT molecular complexity index is 825. The Hall–Kier alpha value is -1.85. The van der Waals surface area contributed by atoms with Crippen molar-refractivity contribution in [3.05, 3.63) is 58.4 Å². The van der Waals surface area contributed by atoms with Gasteiger partial charge in [-0.3, -0.25) is 0 Å². The van der Waals surface area contributed by atoms with Crippen molar-refractivity contribution in [3.63, 3.8) is 0 Å². The highest BCUT2D eigenvalue weighted by Crippen LogP contribution is 2.39. The number of thiocarbonyl (C=S) groups is 1. The van der Waals surface area contributed by atoms with E-state index in [0.29, 0.717) is 10.8 Å². The van der Waals surface area contributed by atoms with Gasteiger partial charge in [-0.2, -0.15) is 0 Å². The minimum Gasteiger partial charge on any atom is -0.487 e. The number of rotatable bonds is 2. The molecule has 1 aliphatic heterocycles. The summed E-state index contributed by atoms with van der Waals surface area (Å²) in [7, 11) is 0. The van der Waals surface area contributed by atoms with Crippen molar-refractivity contribution in [1.82, 2.24) is 5.32 Å². The fraction of sp³-hybridized carbons (Fsp3) is 0.316. The van der Waals surface area contributed by atoms with Gasteiger partial charge in [0.15, 0.2) is 5.11 Å². The summed E-state index contributed by atoms with van der Waals surface area (Å²) in [6.07, 6.45) is 0.773. The number of halogens is 2. The largest absolute Gasteiger partial charge is 0.487 e. The van der Waals surface area contributed by atoms with Gasteiger partial charge in [0.05, 0.1) is 11.1 Å². The molecule has 2 aromatic carbocycles. The van der Waals surface area contributed by atoms with Crippen LogP contribution in [-0.2, 0) is 0 Å². The predicted molar refractivity (Wildman–Crippen MR) is 104 cm³/mol. The van der Waals surface area contributed by atoms with Crippen LogP contribution in [0, 0.1) is 12.7 Å². The number of anilines is 1. The van der Waals surface area contributed by atoms with Gasteiger partial charge in [0.1, 0.15) is 17.2 Å². The molecule has 1 aliphatic rings. The molecule has 0 spiro atoms. The number of hydrogen-bond donors (Lipinski definition) is 2. The summed E-state index contributed by atoms with van der Waals surface area (Å²) in [5.74, 6) is 0.411. The summed E-state index contributed by atoms with van der Waals surface area (Å²) >= 11 is 11.2. The molecule has 2 aromatic rings. The second-order valence-corrected chi connectivity index (χ2v) is 7.70. The van der Waals surface area contributed by atoms with Gasteiger partial charge in [-0.15, -0.1) is 0 Å². The van der Waals surface area contributed by atoms with E-state index in [0.717, 1.165) is 23.3 Å². The average Bonchev–Trinajstić information content (AvgIpc) is 2.51. The maximum absolute atomic E-state index is 13.3.